The molecule has 4 nitrogen and oxygen atoms in total. The third-order valence-electron chi connectivity index (χ3n) is 3.52. The van der Waals surface area contributed by atoms with Crippen molar-refractivity contribution >= 4 is 12.0 Å². The Morgan fingerprint density at radius 3 is 2.67 bits per heavy atom. The van der Waals surface area contributed by atoms with E-state index in [2.05, 4.69) is 5.32 Å². The molecule has 0 aliphatic rings. The maximum absolute atomic E-state index is 12.8. The molecule has 2 aromatic rings. The highest BCUT2D eigenvalue weighted by Crippen LogP contribution is 2.20. The van der Waals surface area contributed by atoms with Crippen molar-refractivity contribution in [2.24, 2.45) is 0 Å². The molecule has 2 N–H and O–H groups in total. The summed E-state index contributed by atoms with van der Waals surface area (Å²) in [6.45, 7) is 2.00. The van der Waals surface area contributed by atoms with Gasteiger partial charge in [-0.1, -0.05) is 23.8 Å². The monoisotopic (exact) mass is 329 g/mol. The Bertz CT molecular complexity index is 726. The molecule has 24 heavy (non-hydrogen) atoms. The lowest BCUT2D eigenvalue weighted by atomic mass is 10.1. The van der Waals surface area contributed by atoms with E-state index in [1.807, 2.05) is 25.1 Å². The van der Waals surface area contributed by atoms with Crippen molar-refractivity contribution in [3.8, 4) is 5.75 Å². The molecule has 5 heteroatoms. The second kappa shape index (κ2) is 8.26. The summed E-state index contributed by atoms with van der Waals surface area (Å²) >= 11 is 0. The fraction of sp³-hybridized carbons (Fsp3) is 0.211. The van der Waals surface area contributed by atoms with Crippen molar-refractivity contribution < 1.29 is 19.0 Å². The van der Waals surface area contributed by atoms with Gasteiger partial charge in [0.25, 0.3) is 0 Å². The number of hydrogen-bond donors (Lipinski definition) is 2. The van der Waals surface area contributed by atoms with Crippen LogP contribution in [0.2, 0.25) is 0 Å². The molecule has 0 heterocycles. The van der Waals surface area contributed by atoms with Crippen LogP contribution in [0.1, 0.15) is 22.8 Å². The van der Waals surface area contributed by atoms with E-state index in [1.165, 1.54) is 30.3 Å². The average Bonchev–Trinajstić information content (AvgIpc) is 2.58. The first kappa shape index (κ1) is 17.7. The van der Waals surface area contributed by atoms with Gasteiger partial charge in [0, 0.05) is 18.2 Å². The zero-order chi connectivity index (χ0) is 17.5. The number of benzene rings is 2. The van der Waals surface area contributed by atoms with Gasteiger partial charge in [-0.3, -0.25) is 4.79 Å². The molecule has 2 aromatic carbocycles. The van der Waals surface area contributed by atoms with Crippen LogP contribution in [0.4, 0.5) is 4.39 Å². The quantitative estimate of drug-likeness (QED) is 0.801. The average molecular weight is 329 g/mol. The van der Waals surface area contributed by atoms with E-state index in [4.69, 9.17) is 4.74 Å². The van der Waals surface area contributed by atoms with Gasteiger partial charge in [0.2, 0.25) is 5.91 Å². The fourth-order valence-corrected chi connectivity index (χ4v) is 2.21. The maximum Gasteiger partial charge on any atom is 0.244 e. The van der Waals surface area contributed by atoms with E-state index in [0.29, 0.717) is 11.3 Å². The van der Waals surface area contributed by atoms with Gasteiger partial charge in [0.15, 0.2) is 0 Å². The van der Waals surface area contributed by atoms with Gasteiger partial charge in [-0.25, -0.2) is 4.39 Å². The molecular formula is C19H20FNO3. The zero-order valence-corrected chi connectivity index (χ0v) is 13.6. The molecule has 0 fully saturated rings. The zero-order valence-electron chi connectivity index (χ0n) is 13.6. The number of aryl methyl sites for hydroxylation is 1. The van der Waals surface area contributed by atoms with Crippen molar-refractivity contribution in [2.45, 2.75) is 13.0 Å². The number of methoxy groups -OCH3 is 1. The van der Waals surface area contributed by atoms with E-state index in [1.54, 1.807) is 13.2 Å². The van der Waals surface area contributed by atoms with Gasteiger partial charge < -0.3 is 15.2 Å². The summed E-state index contributed by atoms with van der Waals surface area (Å²) < 4.78 is 18.1. The first-order valence-corrected chi connectivity index (χ1v) is 7.53. The minimum atomic E-state index is -0.892. The number of carbonyl (C=O) groups is 1. The molecule has 2 rings (SSSR count). The lowest BCUT2D eigenvalue weighted by Crippen LogP contribution is -2.26. The van der Waals surface area contributed by atoms with Gasteiger partial charge in [-0.05, 0) is 42.8 Å². The van der Waals surface area contributed by atoms with Crippen LogP contribution in [0.25, 0.3) is 6.08 Å². The van der Waals surface area contributed by atoms with Crippen molar-refractivity contribution in [1.29, 1.82) is 0 Å². The summed E-state index contributed by atoms with van der Waals surface area (Å²) in [5.41, 5.74) is 2.40. The lowest BCUT2D eigenvalue weighted by molar-refractivity contribution is -0.116. The molecule has 1 atom stereocenters. The molecule has 0 aromatic heterocycles. The number of hydrogen-bond acceptors (Lipinski definition) is 3. The number of aliphatic hydroxyl groups excluding tert-OH is 1. The Kier molecular flexibility index (Phi) is 6.09. The number of amides is 1. The number of nitrogens with one attached hydrogen (secondary N) is 1. The standard InChI is InChI=1S/C19H20FNO3/c1-13-3-9-18(24-2)15(11-13)6-10-19(23)21-12-17(22)14-4-7-16(20)8-5-14/h3-11,17,22H,12H2,1-2H3,(H,21,23)/b10-6+. The molecule has 1 amide bonds. The Balaban J connectivity index is 1.93. The van der Waals surface area contributed by atoms with Crippen LogP contribution in [-0.4, -0.2) is 24.7 Å². The highest BCUT2D eigenvalue weighted by Gasteiger charge is 2.08. The molecule has 0 bridgehead atoms. The lowest BCUT2D eigenvalue weighted by Gasteiger charge is -2.11. The molecule has 0 aliphatic heterocycles. The summed E-state index contributed by atoms with van der Waals surface area (Å²) in [4.78, 5) is 11.9. The van der Waals surface area contributed by atoms with Crippen LogP contribution >= 0.6 is 0 Å². The molecule has 0 saturated carbocycles. The van der Waals surface area contributed by atoms with E-state index in [0.717, 1.165) is 11.1 Å². The van der Waals surface area contributed by atoms with Crippen molar-refractivity contribution in [1.82, 2.24) is 5.32 Å². The van der Waals surface area contributed by atoms with E-state index < -0.39 is 6.10 Å². The predicted octanol–water partition coefficient (Wildman–Crippen LogP) is 3.01. The Morgan fingerprint density at radius 1 is 1.29 bits per heavy atom. The van der Waals surface area contributed by atoms with Crippen LogP contribution in [-0.2, 0) is 4.79 Å². The van der Waals surface area contributed by atoms with Gasteiger partial charge in [-0.2, -0.15) is 0 Å². The van der Waals surface area contributed by atoms with Crippen molar-refractivity contribution in [3.63, 3.8) is 0 Å². The Morgan fingerprint density at radius 2 is 2.00 bits per heavy atom. The summed E-state index contributed by atoms with van der Waals surface area (Å²) in [6, 6.07) is 11.2. The van der Waals surface area contributed by atoms with Crippen LogP contribution in [0, 0.1) is 12.7 Å². The number of ether oxygens (including phenoxy) is 1. The fourth-order valence-electron chi connectivity index (χ4n) is 2.21. The van der Waals surface area contributed by atoms with Crippen LogP contribution in [0.5, 0.6) is 5.75 Å². The third-order valence-corrected chi connectivity index (χ3v) is 3.52. The molecule has 0 radical (unpaired) electrons. The second-order valence-corrected chi connectivity index (χ2v) is 5.39. The van der Waals surface area contributed by atoms with E-state index in [9.17, 15) is 14.3 Å². The Labute approximate surface area is 140 Å². The maximum atomic E-state index is 12.8. The molecule has 126 valence electrons. The minimum Gasteiger partial charge on any atom is -0.496 e. The summed E-state index contributed by atoms with van der Waals surface area (Å²) in [7, 11) is 1.57. The molecular weight excluding hydrogens is 309 g/mol. The number of rotatable bonds is 6. The number of halogens is 1. The predicted molar refractivity (Wildman–Crippen MR) is 91.1 cm³/mol. The van der Waals surface area contributed by atoms with Crippen LogP contribution in [0.15, 0.2) is 48.5 Å². The molecule has 0 aliphatic carbocycles. The van der Waals surface area contributed by atoms with Crippen molar-refractivity contribution in [2.75, 3.05) is 13.7 Å². The van der Waals surface area contributed by atoms with E-state index >= 15 is 0 Å². The smallest absolute Gasteiger partial charge is 0.244 e. The van der Waals surface area contributed by atoms with Gasteiger partial charge in [0.05, 0.1) is 13.2 Å². The van der Waals surface area contributed by atoms with Gasteiger partial charge in [-0.15, -0.1) is 0 Å². The minimum absolute atomic E-state index is 0.0414. The van der Waals surface area contributed by atoms with Gasteiger partial charge in [0.1, 0.15) is 11.6 Å². The largest absolute Gasteiger partial charge is 0.496 e. The normalized spacial score (nSPS) is 12.2. The van der Waals surface area contributed by atoms with Crippen LogP contribution in [0.3, 0.4) is 0 Å². The molecule has 0 saturated heterocycles. The summed E-state index contributed by atoms with van der Waals surface area (Å²) in [5, 5.41) is 12.6. The molecule has 0 spiro atoms. The van der Waals surface area contributed by atoms with Crippen molar-refractivity contribution in [3.05, 3.63) is 71.0 Å². The van der Waals surface area contributed by atoms with Gasteiger partial charge >= 0.3 is 0 Å². The highest BCUT2D eigenvalue weighted by atomic mass is 19.1. The first-order chi connectivity index (χ1) is 11.5. The second-order valence-electron chi connectivity index (χ2n) is 5.39. The van der Waals surface area contributed by atoms with E-state index in [-0.39, 0.29) is 18.3 Å². The molecule has 1 unspecified atom stereocenters. The third kappa shape index (κ3) is 4.93. The van der Waals surface area contributed by atoms with Crippen LogP contribution < -0.4 is 10.1 Å². The number of carbonyl (C=O) groups excluding carboxylic acids is 1. The Hall–Kier alpha value is -2.66. The topological polar surface area (TPSA) is 58.6 Å². The summed E-state index contributed by atoms with van der Waals surface area (Å²) in [5.74, 6) is -0.0271. The number of aliphatic hydroxyl groups is 1. The SMILES string of the molecule is COc1ccc(C)cc1/C=C/C(=O)NCC(O)c1ccc(F)cc1. The first-order valence-electron chi connectivity index (χ1n) is 7.53. The highest BCUT2D eigenvalue weighted by molar-refractivity contribution is 5.92. The summed E-state index contributed by atoms with van der Waals surface area (Å²) in [6.07, 6.45) is 2.15.